The fourth-order valence-electron chi connectivity index (χ4n) is 3.83. The van der Waals surface area contributed by atoms with Crippen molar-refractivity contribution < 1.29 is 9.13 Å². The van der Waals surface area contributed by atoms with Gasteiger partial charge in [-0.1, -0.05) is 44.9 Å². The molecule has 0 N–H and O–H groups in total. The third-order valence-electron chi connectivity index (χ3n) is 5.25. The summed E-state index contributed by atoms with van der Waals surface area (Å²) in [7, 11) is 1.62. The van der Waals surface area contributed by atoms with Gasteiger partial charge in [0, 0.05) is 5.56 Å². The summed E-state index contributed by atoms with van der Waals surface area (Å²) >= 11 is 0. The molecule has 0 aliphatic heterocycles. The number of aryl methyl sites for hydroxylation is 1. The average Bonchev–Trinajstić information content (AvgIpc) is 3.01. The summed E-state index contributed by atoms with van der Waals surface area (Å²) in [6.45, 7) is 4.49. The van der Waals surface area contributed by atoms with Crippen LogP contribution in [-0.2, 0) is 6.42 Å². The van der Waals surface area contributed by atoms with Gasteiger partial charge in [-0.3, -0.25) is 0 Å². The average molecular weight is 312 g/mol. The molecule has 0 spiro atoms. The highest BCUT2D eigenvalue weighted by atomic mass is 19.1. The molecule has 2 heteroatoms. The second-order valence-electron chi connectivity index (χ2n) is 6.64. The largest absolute Gasteiger partial charge is 0.497 e. The van der Waals surface area contributed by atoms with Gasteiger partial charge in [0.15, 0.2) is 0 Å². The van der Waals surface area contributed by atoms with Gasteiger partial charge in [-0.05, 0) is 59.6 Å². The maximum atomic E-state index is 14.5. The minimum atomic E-state index is -0.179. The highest BCUT2D eigenvalue weighted by Gasteiger charge is 2.28. The van der Waals surface area contributed by atoms with E-state index in [0.717, 1.165) is 12.0 Å². The topological polar surface area (TPSA) is 9.23 Å². The van der Waals surface area contributed by atoms with E-state index in [0.29, 0.717) is 23.1 Å². The van der Waals surface area contributed by atoms with E-state index in [4.69, 9.17) is 4.74 Å². The first-order valence-corrected chi connectivity index (χ1v) is 8.60. The number of halogens is 1. The molecule has 0 heterocycles. The summed E-state index contributed by atoms with van der Waals surface area (Å²) in [4.78, 5) is 0. The number of rotatable bonds is 4. The molecule has 0 bridgehead atoms. The van der Waals surface area contributed by atoms with Gasteiger partial charge >= 0.3 is 0 Å². The van der Waals surface area contributed by atoms with Crippen LogP contribution in [0.15, 0.2) is 36.4 Å². The monoisotopic (exact) mass is 312 g/mol. The first-order chi connectivity index (χ1) is 11.1. The van der Waals surface area contributed by atoms with Crippen molar-refractivity contribution in [3.63, 3.8) is 0 Å². The minimum absolute atomic E-state index is 0.179. The van der Waals surface area contributed by atoms with Crippen molar-refractivity contribution in [3.8, 4) is 16.9 Å². The Balaban J connectivity index is 2.15. The summed E-state index contributed by atoms with van der Waals surface area (Å²) < 4.78 is 19.8. The fraction of sp³-hybridized carbons (Fsp3) is 0.429. The zero-order valence-electron chi connectivity index (χ0n) is 14.2. The highest BCUT2D eigenvalue weighted by molar-refractivity contribution is 5.70. The van der Waals surface area contributed by atoms with Gasteiger partial charge in [-0.2, -0.15) is 0 Å². The summed E-state index contributed by atoms with van der Waals surface area (Å²) in [6.07, 6.45) is 4.74. The van der Waals surface area contributed by atoms with Crippen molar-refractivity contribution in [3.05, 3.63) is 53.3 Å². The van der Waals surface area contributed by atoms with Crippen LogP contribution >= 0.6 is 0 Å². The molecule has 1 fully saturated rings. The number of hydrogen-bond donors (Lipinski definition) is 0. The van der Waals surface area contributed by atoms with Crippen LogP contribution in [0.5, 0.6) is 5.75 Å². The van der Waals surface area contributed by atoms with Crippen LogP contribution in [0.1, 0.15) is 50.2 Å². The van der Waals surface area contributed by atoms with Crippen LogP contribution < -0.4 is 4.74 Å². The van der Waals surface area contributed by atoms with E-state index >= 15 is 0 Å². The summed E-state index contributed by atoms with van der Waals surface area (Å²) in [5, 5.41) is 0. The molecule has 2 atom stereocenters. The van der Waals surface area contributed by atoms with Gasteiger partial charge < -0.3 is 4.74 Å². The Labute approximate surface area is 138 Å². The van der Waals surface area contributed by atoms with E-state index in [-0.39, 0.29) is 5.82 Å². The van der Waals surface area contributed by atoms with Gasteiger partial charge in [0.2, 0.25) is 0 Å². The van der Waals surface area contributed by atoms with E-state index in [9.17, 15) is 4.39 Å². The molecule has 0 aromatic heterocycles. The van der Waals surface area contributed by atoms with Crippen molar-refractivity contribution in [1.29, 1.82) is 0 Å². The Morgan fingerprint density at radius 3 is 2.57 bits per heavy atom. The van der Waals surface area contributed by atoms with E-state index in [1.165, 1.54) is 36.5 Å². The molecule has 1 aliphatic carbocycles. The molecule has 0 unspecified atom stereocenters. The van der Waals surface area contributed by atoms with E-state index in [2.05, 4.69) is 32.0 Å². The molecule has 1 aliphatic rings. The molecule has 0 amide bonds. The summed E-state index contributed by atoms with van der Waals surface area (Å²) in [5.41, 5.74) is 4.31. The molecule has 2 aromatic carbocycles. The second kappa shape index (κ2) is 6.74. The predicted molar refractivity (Wildman–Crippen MR) is 93.5 cm³/mol. The van der Waals surface area contributed by atoms with Crippen molar-refractivity contribution in [2.24, 2.45) is 5.92 Å². The smallest absolute Gasteiger partial charge is 0.131 e. The van der Waals surface area contributed by atoms with Crippen LogP contribution in [0.25, 0.3) is 11.1 Å². The zero-order valence-corrected chi connectivity index (χ0v) is 14.2. The Bertz CT molecular complexity index is 692. The van der Waals surface area contributed by atoms with Crippen LogP contribution in [0.2, 0.25) is 0 Å². The van der Waals surface area contributed by atoms with Gasteiger partial charge in [-0.15, -0.1) is 0 Å². The normalized spacial score (nSPS) is 20.7. The number of hydrogen-bond acceptors (Lipinski definition) is 1. The second-order valence-corrected chi connectivity index (χ2v) is 6.64. The van der Waals surface area contributed by atoms with Gasteiger partial charge in [-0.25, -0.2) is 4.39 Å². The number of benzene rings is 2. The van der Waals surface area contributed by atoms with E-state index in [1.807, 2.05) is 6.07 Å². The van der Waals surface area contributed by atoms with Crippen LogP contribution in [0.4, 0.5) is 4.39 Å². The predicted octanol–water partition coefficient (Wildman–Crippen LogP) is 5.97. The molecule has 1 nitrogen and oxygen atoms in total. The Morgan fingerprint density at radius 2 is 1.91 bits per heavy atom. The molecule has 122 valence electrons. The first kappa shape index (κ1) is 16.0. The van der Waals surface area contributed by atoms with Crippen molar-refractivity contribution in [2.75, 3.05) is 7.11 Å². The molecular formula is C21H25FO. The standard InChI is InChI=1S/C21H25FO/c1-4-15-8-10-18(19(12-15)17-7-5-6-14(17)2)20-13-16(23-3)9-11-21(20)22/h8-14,17H,4-7H2,1-3H3/t14-,17+/m0/s1. The van der Waals surface area contributed by atoms with Crippen LogP contribution in [0.3, 0.4) is 0 Å². The first-order valence-electron chi connectivity index (χ1n) is 8.60. The maximum Gasteiger partial charge on any atom is 0.131 e. The highest BCUT2D eigenvalue weighted by Crippen LogP contribution is 2.44. The summed E-state index contributed by atoms with van der Waals surface area (Å²) in [5.74, 6) is 1.71. The third kappa shape index (κ3) is 3.12. The molecule has 0 radical (unpaired) electrons. The van der Waals surface area contributed by atoms with E-state index < -0.39 is 0 Å². The lowest BCUT2D eigenvalue weighted by molar-refractivity contribution is 0.414. The fourth-order valence-corrected chi connectivity index (χ4v) is 3.83. The Kier molecular flexibility index (Phi) is 4.70. The lowest BCUT2D eigenvalue weighted by atomic mass is 9.83. The minimum Gasteiger partial charge on any atom is -0.497 e. The van der Waals surface area contributed by atoms with Crippen LogP contribution in [0, 0.1) is 11.7 Å². The quantitative estimate of drug-likeness (QED) is 0.676. The molecule has 2 aromatic rings. The lowest BCUT2D eigenvalue weighted by Crippen LogP contribution is -2.05. The molecule has 1 saturated carbocycles. The Morgan fingerprint density at radius 1 is 1.09 bits per heavy atom. The lowest BCUT2D eigenvalue weighted by Gasteiger charge is -2.21. The van der Waals surface area contributed by atoms with Crippen LogP contribution in [-0.4, -0.2) is 7.11 Å². The summed E-state index contributed by atoms with van der Waals surface area (Å²) in [6, 6.07) is 11.5. The van der Waals surface area contributed by atoms with Gasteiger partial charge in [0.05, 0.1) is 7.11 Å². The number of methoxy groups -OCH3 is 1. The van der Waals surface area contributed by atoms with Crippen molar-refractivity contribution in [1.82, 2.24) is 0 Å². The van der Waals surface area contributed by atoms with Crippen molar-refractivity contribution in [2.45, 2.75) is 45.4 Å². The zero-order chi connectivity index (χ0) is 16.4. The van der Waals surface area contributed by atoms with E-state index in [1.54, 1.807) is 13.2 Å². The SMILES string of the molecule is CCc1ccc(-c2cc(OC)ccc2F)c([C@@H]2CCC[C@@H]2C)c1. The molecule has 23 heavy (non-hydrogen) atoms. The maximum absolute atomic E-state index is 14.5. The number of ether oxygens (including phenoxy) is 1. The molecular weight excluding hydrogens is 287 g/mol. The van der Waals surface area contributed by atoms with Crippen molar-refractivity contribution >= 4 is 0 Å². The van der Waals surface area contributed by atoms with Gasteiger partial charge in [0.25, 0.3) is 0 Å². The molecule has 3 rings (SSSR count). The van der Waals surface area contributed by atoms with Gasteiger partial charge in [0.1, 0.15) is 11.6 Å². The third-order valence-corrected chi connectivity index (χ3v) is 5.25. The molecule has 0 saturated heterocycles. The Hall–Kier alpha value is -1.83.